The number of nitrogens with one attached hydrogen (secondary N) is 1. The minimum atomic E-state index is -0.501. The first-order valence-corrected chi connectivity index (χ1v) is 11.5. The monoisotopic (exact) mass is 441 g/mol. The quantitative estimate of drug-likeness (QED) is 0.562. The Hall–Kier alpha value is -3.27. The zero-order valence-electron chi connectivity index (χ0n) is 19.6. The highest BCUT2D eigenvalue weighted by Gasteiger charge is 2.35. The molecule has 1 saturated heterocycles. The number of carbonyl (C=O) groups excluding carboxylic acids is 1. The molecule has 0 aliphatic carbocycles. The Labute approximate surface area is 196 Å². The Balaban J connectivity index is 1.54. The minimum absolute atomic E-state index is 0.222. The second-order valence-corrected chi connectivity index (χ2v) is 9.00. The van der Waals surface area contributed by atoms with Crippen LogP contribution in [0.15, 0.2) is 48.8 Å². The number of ketones is 1. The fourth-order valence-electron chi connectivity index (χ4n) is 4.34. The molecule has 0 spiro atoms. The Morgan fingerprint density at radius 2 is 1.91 bits per heavy atom. The van der Waals surface area contributed by atoms with E-state index in [1.807, 2.05) is 56.3 Å². The van der Waals surface area contributed by atoms with Crippen LogP contribution in [0.4, 0.5) is 11.5 Å². The van der Waals surface area contributed by atoms with Crippen LogP contribution in [0.2, 0.25) is 0 Å². The molecule has 1 aliphatic heterocycles. The summed E-state index contributed by atoms with van der Waals surface area (Å²) in [5.74, 6) is 3.57. The van der Waals surface area contributed by atoms with Gasteiger partial charge < -0.3 is 10.2 Å². The van der Waals surface area contributed by atoms with Crippen LogP contribution in [0.3, 0.4) is 0 Å². The summed E-state index contributed by atoms with van der Waals surface area (Å²) < 4.78 is 0. The summed E-state index contributed by atoms with van der Waals surface area (Å²) in [5, 5.41) is 4.23. The normalized spacial score (nSPS) is 15.3. The summed E-state index contributed by atoms with van der Waals surface area (Å²) in [6, 6.07) is 13.6. The van der Waals surface area contributed by atoms with Crippen LogP contribution in [0.25, 0.3) is 10.9 Å². The number of aromatic nitrogens is 2. The molecule has 0 saturated carbocycles. The average Bonchev–Trinajstić information content (AvgIpc) is 2.84. The van der Waals surface area contributed by atoms with Crippen molar-refractivity contribution in [1.82, 2.24) is 19.8 Å². The number of hydrogen-bond acceptors (Lipinski definition) is 6. The number of hydrogen-bond donors (Lipinski definition) is 1. The van der Waals surface area contributed by atoms with Crippen LogP contribution < -0.4 is 5.32 Å². The molecule has 2 aromatic carbocycles. The van der Waals surface area contributed by atoms with Gasteiger partial charge in [-0.3, -0.25) is 9.69 Å². The van der Waals surface area contributed by atoms with Gasteiger partial charge in [0.2, 0.25) is 0 Å². The molecule has 2 heterocycles. The molecular weight excluding hydrogens is 410 g/mol. The van der Waals surface area contributed by atoms with Gasteiger partial charge in [0, 0.05) is 49.2 Å². The SMILES string of the molecule is C#Cc1cccc(Nc2ncnc3ccc(CC(=O)C(C)(C)N4CCN(CC)CC4)cc23)c1. The van der Waals surface area contributed by atoms with Crippen LogP contribution in [0, 0.1) is 12.3 Å². The van der Waals surface area contributed by atoms with Crippen molar-refractivity contribution in [2.24, 2.45) is 0 Å². The standard InChI is InChI=1S/C27H31N5O/c1-5-20-8-7-9-22(16-20)30-26-23-17-21(10-11-24(23)28-19-29-26)18-25(33)27(3,4)32-14-12-31(6-2)13-15-32/h1,7-11,16-17,19H,6,12-15,18H2,2-4H3,(H,28,29,30). The van der Waals surface area contributed by atoms with E-state index in [1.54, 1.807) is 6.33 Å². The van der Waals surface area contributed by atoms with Crippen molar-refractivity contribution in [2.45, 2.75) is 32.7 Å². The van der Waals surface area contributed by atoms with Crippen LogP contribution in [0.1, 0.15) is 31.9 Å². The summed E-state index contributed by atoms with van der Waals surface area (Å²) >= 11 is 0. The molecular formula is C27H31N5O. The first kappa shape index (κ1) is 22.9. The predicted octanol–water partition coefficient (Wildman–Crippen LogP) is 3.88. The molecule has 1 aliphatic rings. The molecule has 4 rings (SSSR count). The zero-order valence-corrected chi connectivity index (χ0v) is 19.6. The largest absolute Gasteiger partial charge is 0.340 e. The molecule has 0 atom stereocenters. The van der Waals surface area contributed by atoms with Crippen molar-refractivity contribution in [2.75, 3.05) is 38.0 Å². The Morgan fingerprint density at radius 3 is 2.64 bits per heavy atom. The molecule has 170 valence electrons. The average molecular weight is 442 g/mol. The Morgan fingerprint density at radius 1 is 1.12 bits per heavy atom. The van der Waals surface area contributed by atoms with Crippen molar-refractivity contribution in [3.8, 4) is 12.3 Å². The summed E-state index contributed by atoms with van der Waals surface area (Å²) in [5.41, 5.74) is 2.94. The van der Waals surface area contributed by atoms with Gasteiger partial charge in [0.1, 0.15) is 12.1 Å². The molecule has 0 unspecified atom stereocenters. The molecule has 6 heteroatoms. The van der Waals surface area contributed by atoms with E-state index < -0.39 is 5.54 Å². The molecule has 1 aromatic heterocycles. The van der Waals surface area contributed by atoms with Crippen molar-refractivity contribution in [1.29, 1.82) is 0 Å². The van der Waals surface area contributed by atoms with E-state index in [9.17, 15) is 4.79 Å². The lowest BCUT2D eigenvalue weighted by Gasteiger charge is -2.43. The lowest BCUT2D eigenvalue weighted by molar-refractivity contribution is -0.129. The maximum atomic E-state index is 13.3. The lowest BCUT2D eigenvalue weighted by Crippen LogP contribution is -2.58. The number of likely N-dealkylation sites (N-methyl/N-ethyl adjacent to an activating group) is 1. The fourth-order valence-corrected chi connectivity index (χ4v) is 4.34. The fraction of sp³-hybridized carbons (Fsp3) is 0.370. The maximum Gasteiger partial charge on any atom is 0.156 e. The smallest absolute Gasteiger partial charge is 0.156 e. The van der Waals surface area contributed by atoms with E-state index in [-0.39, 0.29) is 5.78 Å². The molecule has 1 N–H and O–H groups in total. The van der Waals surface area contributed by atoms with E-state index >= 15 is 0 Å². The highest BCUT2D eigenvalue weighted by atomic mass is 16.1. The maximum absolute atomic E-state index is 13.3. The number of terminal acetylenes is 1. The lowest BCUT2D eigenvalue weighted by atomic mass is 9.90. The number of benzene rings is 2. The third-order valence-electron chi connectivity index (χ3n) is 6.65. The number of fused-ring (bicyclic) bond motifs is 1. The minimum Gasteiger partial charge on any atom is -0.340 e. The number of rotatable bonds is 7. The molecule has 6 nitrogen and oxygen atoms in total. The molecule has 0 radical (unpaired) electrons. The van der Waals surface area contributed by atoms with E-state index in [4.69, 9.17) is 6.42 Å². The third kappa shape index (κ3) is 5.05. The van der Waals surface area contributed by atoms with Gasteiger partial charge in [0.15, 0.2) is 5.78 Å². The van der Waals surface area contributed by atoms with Crippen LogP contribution >= 0.6 is 0 Å². The van der Waals surface area contributed by atoms with Gasteiger partial charge in [-0.05, 0) is 56.3 Å². The second kappa shape index (κ2) is 9.70. The number of carbonyl (C=O) groups is 1. The van der Waals surface area contributed by atoms with Gasteiger partial charge in [-0.25, -0.2) is 9.97 Å². The molecule has 3 aromatic rings. The van der Waals surface area contributed by atoms with Crippen molar-refractivity contribution < 1.29 is 4.79 Å². The van der Waals surface area contributed by atoms with Crippen molar-refractivity contribution in [3.05, 3.63) is 59.9 Å². The molecule has 0 amide bonds. The number of piperazine rings is 1. The predicted molar refractivity (Wildman–Crippen MR) is 134 cm³/mol. The molecule has 33 heavy (non-hydrogen) atoms. The van der Waals surface area contributed by atoms with Crippen molar-refractivity contribution >= 4 is 28.2 Å². The highest BCUT2D eigenvalue weighted by molar-refractivity contribution is 5.94. The zero-order chi connectivity index (χ0) is 23.4. The topological polar surface area (TPSA) is 61.4 Å². The Kier molecular flexibility index (Phi) is 6.73. The molecule has 1 fully saturated rings. The van der Waals surface area contributed by atoms with E-state index in [1.165, 1.54) is 0 Å². The number of anilines is 2. The second-order valence-electron chi connectivity index (χ2n) is 9.00. The van der Waals surface area contributed by atoms with E-state index in [0.29, 0.717) is 12.2 Å². The van der Waals surface area contributed by atoms with Gasteiger partial charge in [-0.15, -0.1) is 6.42 Å². The Bertz CT molecular complexity index is 1190. The third-order valence-corrected chi connectivity index (χ3v) is 6.65. The van der Waals surface area contributed by atoms with Crippen LogP contribution in [-0.2, 0) is 11.2 Å². The van der Waals surface area contributed by atoms with Gasteiger partial charge >= 0.3 is 0 Å². The summed E-state index contributed by atoms with van der Waals surface area (Å²) in [7, 11) is 0. The first-order valence-electron chi connectivity index (χ1n) is 11.5. The number of Topliss-reactive ketones (excluding diaryl/α,β-unsaturated/α-hetero) is 1. The number of nitrogens with zero attached hydrogens (tertiary/aromatic N) is 4. The first-order chi connectivity index (χ1) is 15.9. The van der Waals surface area contributed by atoms with E-state index in [2.05, 4.69) is 37.9 Å². The van der Waals surface area contributed by atoms with Crippen LogP contribution in [-0.4, -0.2) is 63.8 Å². The van der Waals surface area contributed by atoms with Gasteiger partial charge in [-0.1, -0.05) is 25.0 Å². The van der Waals surface area contributed by atoms with Gasteiger partial charge in [-0.2, -0.15) is 0 Å². The highest BCUT2D eigenvalue weighted by Crippen LogP contribution is 2.26. The van der Waals surface area contributed by atoms with Crippen molar-refractivity contribution in [3.63, 3.8) is 0 Å². The van der Waals surface area contributed by atoms with E-state index in [0.717, 1.165) is 60.4 Å². The van der Waals surface area contributed by atoms with Gasteiger partial charge in [0.05, 0.1) is 11.1 Å². The summed E-state index contributed by atoms with van der Waals surface area (Å²) in [6.45, 7) is 11.2. The van der Waals surface area contributed by atoms with Gasteiger partial charge in [0.25, 0.3) is 0 Å². The summed E-state index contributed by atoms with van der Waals surface area (Å²) in [4.78, 5) is 26.9. The van der Waals surface area contributed by atoms with Crippen LogP contribution in [0.5, 0.6) is 0 Å². The molecule has 0 bridgehead atoms. The summed E-state index contributed by atoms with van der Waals surface area (Å²) in [6.07, 6.45) is 7.44.